The molecule has 2 nitrogen and oxygen atoms in total. The van der Waals surface area contributed by atoms with Gasteiger partial charge in [0.25, 0.3) is 0 Å². The van der Waals surface area contributed by atoms with E-state index in [2.05, 4.69) is 15.9 Å². The number of nitrogens with two attached hydrogens (primary N) is 1. The Bertz CT molecular complexity index is 574. The van der Waals surface area contributed by atoms with E-state index in [1.807, 2.05) is 42.5 Å². The van der Waals surface area contributed by atoms with Gasteiger partial charge in [0.1, 0.15) is 5.75 Å². The zero-order chi connectivity index (χ0) is 13.8. The molecule has 19 heavy (non-hydrogen) atoms. The first-order chi connectivity index (χ1) is 9.10. The van der Waals surface area contributed by atoms with Crippen molar-refractivity contribution in [2.24, 2.45) is 5.73 Å². The van der Waals surface area contributed by atoms with Gasteiger partial charge in [-0.15, -0.1) is 0 Å². The maximum Gasteiger partial charge on any atom is 0.123 e. The number of ether oxygens (including phenoxy) is 1. The van der Waals surface area contributed by atoms with Crippen LogP contribution in [-0.4, -0.2) is 7.11 Å². The molecule has 0 aromatic heterocycles. The van der Waals surface area contributed by atoms with Crippen LogP contribution in [0, 0.1) is 0 Å². The van der Waals surface area contributed by atoms with Crippen molar-refractivity contribution in [2.45, 2.75) is 12.5 Å². The molecule has 0 spiro atoms. The molecule has 0 amide bonds. The van der Waals surface area contributed by atoms with Crippen LogP contribution in [0.3, 0.4) is 0 Å². The number of rotatable bonds is 4. The fourth-order valence-corrected chi connectivity index (χ4v) is 2.61. The van der Waals surface area contributed by atoms with E-state index in [-0.39, 0.29) is 6.04 Å². The summed E-state index contributed by atoms with van der Waals surface area (Å²) in [6, 6.07) is 13.5. The van der Waals surface area contributed by atoms with E-state index in [1.54, 1.807) is 7.11 Å². The van der Waals surface area contributed by atoms with Crippen LogP contribution in [0.1, 0.15) is 17.2 Å². The summed E-state index contributed by atoms with van der Waals surface area (Å²) in [4.78, 5) is 0. The minimum atomic E-state index is -0.133. The van der Waals surface area contributed by atoms with E-state index in [4.69, 9.17) is 22.1 Å². The zero-order valence-electron chi connectivity index (χ0n) is 10.6. The Morgan fingerprint density at radius 2 is 2.05 bits per heavy atom. The Balaban J connectivity index is 2.24. The quantitative estimate of drug-likeness (QED) is 0.898. The summed E-state index contributed by atoms with van der Waals surface area (Å²) in [5.74, 6) is 0.803. The molecule has 0 aliphatic heterocycles. The largest absolute Gasteiger partial charge is 0.496 e. The second kappa shape index (κ2) is 6.42. The van der Waals surface area contributed by atoms with E-state index in [0.29, 0.717) is 6.42 Å². The molecule has 0 aliphatic carbocycles. The van der Waals surface area contributed by atoms with Gasteiger partial charge in [-0.25, -0.2) is 0 Å². The van der Waals surface area contributed by atoms with E-state index < -0.39 is 0 Å². The van der Waals surface area contributed by atoms with Crippen molar-refractivity contribution < 1.29 is 4.74 Å². The molecule has 2 aromatic carbocycles. The van der Waals surface area contributed by atoms with Crippen molar-refractivity contribution in [3.8, 4) is 5.75 Å². The van der Waals surface area contributed by atoms with Crippen LogP contribution in [0.2, 0.25) is 5.02 Å². The summed E-state index contributed by atoms with van der Waals surface area (Å²) >= 11 is 9.44. The maximum absolute atomic E-state index is 6.28. The Labute approximate surface area is 126 Å². The van der Waals surface area contributed by atoms with Crippen molar-refractivity contribution in [1.82, 2.24) is 0 Å². The van der Waals surface area contributed by atoms with Gasteiger partial charge in [0.05, 0.1) is 7.11 Å². The van der Waals surface area contributed by atoms with Crippen molar-refractivity contribution in [2.75, 3.05) is 7.11 Å². The van der Waals surface area contributed by atoms with Crippen molar-refractivity contribution >= 4 is 27.5 Å². The summed E-state index contributed by atoms with van der Waals surface area (Å²) in [5.41, 5.74) is 8.37. The molecule has 0 bridgehead atoms. The second-order valence-electron chi connectivity index (χ2n) is 4.33. The Kier molecular flexibility index (Phi) is 4.86. The highest BCUT2D eigenvalue weighted by molar-refractivity contribution is 9.10. The molecule has 4 heteroatoms. The van der Waals surface area contributed by atoms with Gasteiger partial charge in [-0.1, -0.05) is 39.7 Å². The Morgan fingerprint density at radius 1 is 1.26 bits per heavy atom. The lowest BCUT2D eigenvalue weighted by Gasteiger charge is -2.16. The van der Waals surface area contributed by atoms with Gasteiger partial charge in [-0.3, -0.25) is 0 Å². The van der Waals surface area contributed by atoms with Gasteiger partial charge >= 0.3 is 0 Å². The molecule has 2 N–H and O–H groups in total. The molecule has 100 valence electrons. The minimum absolute atomic E-state index is 0.133. The third kappa shape index (κ3) is 3.72. The van der Waals surface area contributed by atoms with Crippen LogP contribution < -0.4 is 10.5 Å². The van der Waals surface area contributed by atoms with Crippen LogP contribution >= 0.6 is 27.5 Å². The molecule has 2 rings (SSSR count). The number of benzene rings is 2. The molecule has 0 radical (unpaired) electrons. The molecule has 0 saturated carbocycles. The first kappa shape index (κ1) is 14.4. The standard InChI is InChI=1S/C15H15BrClNO/c1-19-15-6-5-11(16)9-13(15)14(18)8-10-3-2-4-12(17)7-10/h2-7,9,14H,8,18H2,1H3. The molecule has 0 saturated heterocycles. The topological polar surface area (TPSA) is 35.2 Å². The fourth-order valence-electron chi connectivity index (χ4n) is 2.02. The summed E-state index contributed by atoms with van der Waals surface area (Å²) < 4.78 is 6.35. The zero-order valence-corrected chi connectivity index (χ0v) is 12.9. The summed E-state index contributed by atoms with van der Waals surface area (Å²) in [7, 11) is 1.65. The smallest absolute Gasteiger partial charge is 0.123 e. The lowest BCUT2D eigenvalue weighted by atomic mass is 9.99. The third-order valence-electron chi connectivity index (χ3n) is 2.94. The first-order valence-corrected chi connectivity index (χ1v) is 7.10. The molecular weight excluding hydrogens is 326 g/mol. The summed E-state index contributed by atoms with van der Waals surface area (Å²) in [6.07, 6.45) is 0.716. The normalized spacial score (nSPS) is 12.2. The van der Waals surface area contributed by atoms with Gasteiger partial charge in [-0.2, -0.15) is 0 Å². The third-order valence-corrected chi connectivity index (χ3v) is 3.66. The summed E-state index contributed by atoms with van der Waals surface area (Å²) in [6.45, 7) is 0. The van der Waals surface area contributed by atoms with Crippen molar-refractivity contribution in [1.29, 1.82) is 0 Å². The SMILES string of the molecule is COc1ccc(Br)cc1C(N)Cc1cccc(Cl)c1. The highest BCUT2D eigenvalue weighted by atomic mass is 79.9. The summed E-state index contributed by atoms with van der Waals surface area (Å²) in [5, 5.41) is 0.728. The van der Waals surface area contributed by atoms with Gasteiger partial charge in [0.2, 0.25) is 0 Å². The van der Waals surface area contributed by atoms with Crippen LogP contribution in [0.5, 0.6) is 5.75 Å². The Morgan fingerprint density at radius 3 is 2.74 bits per heavy atom. The van der Waals surface area contributed by atoms with E-state index >= 15 is 0 Å². The number of hydrogen-bond acceptors (Lipinski definition) is 2. The fraction of sp³-hybridized carbons (Fsp3) is 0.200. The Hall–Kier alpha value is -1.03. The second-order valence-corrected chi connectivity index (χ2v) is 5.68. The van der Waals surface area contributed by atoms with E-state index in [0.717, 1.165) is 26.4 Å². The molecule has 0 heterocycles. The maximum atomic E-state index is 6.28. The van der Waals surface area contributed by atoms with E-state index in [1.165, 1.54) is 0 Å². The molecule has 2 aromatic rings. The predicted octanol–water partition coefficient (Wildman–Crippen LogP) is 4.35. The van der Waals surface area contributed by atoms with Gasteiger partial charge in [0, 0.05) is 21.1 Å². The number of halogens is 2. The number of hydrogen-bond donors (Lipinski definition) is 1. The average Bonchev–Trinajstić information content (AvgIpc) is 2.38. The van der Waals surface area contributed by atoms with Crippen molar-refractivity contribution in [3.63, 3.8) is 0 Å². The van der Waals surface area contributed by atoms with Crippen molar-refractivity contribution in [3.05, 3.63) is 63.1 Å². The van der Waals surface area contributed by atoms with E-state index in [9.17, 15) is 0 Å². The average molecular weight is 341 g/mol. The minimum Gasteiger partial charge on any atom is -0.496 e. The van der Waals surface area contributed by atoms with Crippen LogP contribution in [-0.2, 0) is 6.42 Å². The molecule has 1 atom stereocenters. The van der Waals surface area contributed by atoms with Crippen LogP contribution in [0.25, 0.3) is 0 Å². The molecule has 0 fully saturated rings. The predicted molar refractivity (Wildman–Crippen MR) is 82.8 cm³/mol. The van der Waals surface area contributed by atoms with Gasteiger partial charge in [0.15, 0.2) is 0 Å². The highest BCUT2D eigenvalue weighted by Crippen LogP contribution is 2.29. The first-order valence-electron chi connectivity index (χ1n) is 5.93. The lowest BCUT2D eigenvalue weighted by molar-refractivity contribution is 0.405. The molecule has 0 aliphatic rings. The van der Waals surface area contributed by atoms with Crippen LogP contribution in [0.4, 0.5) is 0 Å². The monoisotopic (exact) mass is 339 g/mol. The molecule has 1 unspecified atom stereocenters. The highest BCUT2D eigenvalue weighted by Gasteiger charge is 2.13. The lowest BCUT2D eigenvalue weighted by Crippen LogP contribution is -2.14. The number of methoxy groups -OCH3 is 1. The molecular formula is C15H15BrClNO. The van der Waals surface area contributed by atoms with Gasteiger partial charge in [-0.05, 0) is 42.3 Å². The van der Waals surface area contributed by atoms with Gasteiger partial charge < -0.3 is 10.5 Å². The van der Waals surface area contributed by atoms with Crippen LogP contribution in [0.15, 0.2) is 46.9 Å².